The van der Waals surface area contributed by atoms with E-state index in [4.69, 9.17) is 5.11 Å². The van der Waals surface area contributed by atoms with Gasteiger partial charge in [-0.05, 0) is 0 Å². The number of alkyl halides is 3. The molecule has 0 unspecified atom stereocenters. The second-order valence-electron chi connectivity index (χ2n) is 4.51. The molecule has 20 heavy (non-hydrogen) atoms. The van der Waals surface area contributed by atoms with Crippen LogP contribution in [0.5, 0.6) is 0 Å². The Labute approximate surface area is 111 Å². The van der Waals surface area contributed by atoms with E-state index in [1.807, 2.05) is 0 Å². The summed E-state index contributed by atoms with van der Waals surface area (Å²) in [6, 6.07) is 0. The Morgan fingerprint density at radius 3 is 2.55 bits per heavy atom. The van der Waals surface area contributed by atoms with E-state index >= 15 is 0 Å². The van der Waals surface area contributed by atoms with Gasteiger partial charge in [0.2, 0.25) is 5.91 Å². The van der Waals surface area contributed by atoms with Crippen molar-refractivity contribution < 1.29 is 27.9 Å². The standard InChI is InChI=1S/C11H12F3N3O3/c1-6(18)16-3-2-8-7(4-16)10(11(12,13)14)15-17(8)5-9(19)20/h2-5H2,1H3,(H,19,20). The molecule has 0 fully saturated rings. The van der Waals surface area contributed by atoms with Gasteiger partial charge in [0.15, 0.2) is 5.69 Å². The number of rotatable bonds is 2. The van der Waals surface area contributed by atoms with E-state index in [-0.39, 0.29) is 36.7 Å². The number of nitrogens with zero attached hydrogens (tertiary/aromatic N) is 3. The van der Waals surface area contributed by atoms with Crippen LogP contribution in [0.1, 0.15) is 23.9 Å². The van der Waals surface area contributed by atoms with Gasteiger partial charge in [-0.1, -0.05) is 0 Å². The summed E-state index contributed by atoms with van der Waals surface area (Å²) in [7, 11) is 0. The van der Waals surface area contributed by atoms with E-state index in [1.54, 1.807) is 0 Å². The highest BCUT2D eigenvalue weighted by molar-refractivity contribution is 5.73. The summed E-state index contributed by atoms with van der Waals surface area (Å²) in [6.45, 7) is 0.711. The topological polar surface area (TPSA) is 75.4 Å². The Kier molecular flexibility index (Phi) is 3.45. The van der Waals surface area contributed by atoms with Crippen molar-refractivity contribution in [2.45, 2.75) is 32.6 Å². The van der Waals surface area contributed by atoms with Gasteiger partial charge in [-0.2, -0.15) is 18.3 Å². The smallest absolute Gasteiger partial charge is 0.435 e. The molecule has 0 saturated carbocycles. The van der Waals surface area contributed by atoms with Gasteiger partial charge < -0.3 is 10.0 Å². The van der Waals surface area contributed by atoms with Crippen molar-refractivity contribution >= 4 is 11.9 Å². The first-order valence-electron chi connectivity index (χ1n) is 5.83. The minimum atomic E-state index is -4.67. The molecule has 1 aliphatic rings. The Morgan fingerprint density at radius 2 is 2.05 bits per heavy atom. The maximum atomic E-state index is 12.9. The third-order valence-electron chi connectivity index (χ3n) is 3.13. The predicted octanol–water partition coefficient (Wildman–Crippen LogP) is 0.891. The summed E-state index contributed by atoms with van der Waals surface area (Å²) in [5.41, 5.74) is -0.989. The van der Waals surface area contributed by atoms with E-state index in [0.29, 0.717) is 0 Å². The first-order valence-corrected chi connectivity index (χ1v) is 5.83. The molecule has 2 heterocycles. The molecule has 110 valence electrons. The monoisotopic (exact) mass is 291 g/mol. The van der Waals surface area contributed by atoms with Crippen molar-refractivity contribution in [2.24, 2.45) is 0 Å². The third-order valence-corrected chi connectivity index (χ3v) is 3.13. The van der Waals surface area contributed by atoms with Gasteiger partial charge in [0.25, 0.3) is 0 Å². The Bertz CT molecular complexity index is 565. The van der Waals surface area contributed by atoms with E-state index < -0.39 is 24.4 Å². The maximum Gasteiger partial charge on any atom is 0.435 e. The van der Waals surface area contributed by atoms with Gasteiger partial charge in [-0.3, -0.25) is 14.3 Å². The molecule has 1 aromatic heterocycles. The van der Waals surface area contributed by atoms with E-state index in [9.17, 15) is 22.8 Å². The van der Waals surface area contributed by atoms with Crippen LogP contribution in [0.2, 0.25) is 0 Å². The molecule has 0 aromatic carbocycles. The lowest BCUT2D eigenvalue weighted by Crippen LogP contribution is -2.35. The number of hydrogen-bond donors (Lipinski definition) is 1. The molecule has 0 atom stereocenters. The zero-order valence-electron chi connectivity index (χ0n) is 10.6. The van der Waals surface area contributed by atoms with Crippen molar-refractivity contribution in [3.05, 3.63) is 17.0 Å². The summed E-state index contributed by atoms with van der Waals surface area (Å²) >= 11 is 0. The van der Waals surface area contributed by atoms with Gasteiger partial charge in [0.05, 0.1) is 0 Å². The Balaban J connectivity index is 2.47. The fraction of sp³-hybridized carbons (Fsp3) is 0.545. The number of carboxylic acids is 1. The zero-order valence-corrected chi connectivity index (χ0v) is 10.6. The third kappa shape index (κ3) is 2.61. The number of hydrogen-bond acceptors (Lipinski definition) is 3. The molecule has 1 aliphatic heterocycles. The van der Waals surface area contributed by atoms with Gasteiger partial charge in [0.1, 0.15) is 6.54 Å². The van der Waals surface area contributed by atoms with Crippen LogP contribution in [0.25, 0.3) is 0 Å². The number of amides is 1. The van der Waals surface area contributed by atoms with Crippen molar-refractivity contribution in [3.8, 4) is 0 Å². The zero-order chi connectivity index (χ0) is 15.1. The number of halogens is 3. The Hall–Kier alpha value is -2.06. The molecular formula is C11H12F3N3O3. The molecule has 0 bridgehead atoms. The van der Waals surface area contributed by atoms with Crippen molar-refractivity contribution in [2.75, 3.05) is 6.54 Å². The first kappa shape index (κ1) is 14.4. The minimum absolute atomic E-state index is 0.111. The number of carbonyl (C=O) groups excluding carboxylic acids is 1. The number of aromatic nitrogens is 2. The molecule has 2 rings (SSSR count). The lowest BCUT2D eigenvalue weighted by molar-refractivity contribution is -0.144. The highest BCUT2D eigenvalue weighted by Gasteiger charge is 2.41. The first-order chi connectivity index (χ1) is 9.20. The van der Waals surface area contributed by atoms with Gasteiger partial charge in [-0.15, -0.1) is 0 Å². The van der Waals surface area contributed by atoms with E-state index in [2.05, 4.69) is 5.10 Å². The number of carboxylic acid groups (broad SMARTS) is 1. The molecular weight excluding hydrogens is 279 g/mol. The van der Waals surface area contributed by atoms with E-state index in [0.717, 1.165) is 4.68 Å². The summed E-state index contributed by atoms with van der Waals surface area (Å²) in [5, 5.41) is 12.1. The van der Waals surface area contributed by atoms with Crippen molar-refractivity contribution in [1.29, 1.82) is 0 Å². The average molecular weight is 291 g/mol. The Morgan fingerprint density at radius 1 is 1.40 bits per heavy atom. The van der Waals surface area contributed by atoms with E-state index in [1.165, 1.54) is 11.8 Å². The molecule has 0 spiro atoms. The quantitative estimate of drug-likeness (QED) is 0.878. The van der Waals surface area contributed by atoms with Gasteiger partial charge >= 0.3 is 12.1 Å². The van der Waals surface area contributed by atoms with Crippen LogP contribution in [0.3, 0.4) is 0 Å². The van der Waals surface area contributed by atoms with Crippen LogP contribution in [-0.2, 0) is 35.3 Å². The van der Waals surface area contributed by atoms with Crippen LogP contribution in [0, 0.1) is 0 Å². The second-order valence-corrected chi connectivity index (χ2v) is 4.51. The average Bonchev–Trinajstić information content (AvgIpc) is 2.66. The van der Waals surface area contributed by atoms with Crippen LogP contribution >= 0.6 is 0 Å². The molecule has 1 N–H and O–H groups in total. The number of aliphatic carboxylic acids is 1. The molecule has 1 aromatic rings. The summed E-state index contributed by atoms with van der Waals surface area (Å²) in [4.78, 5) is 23.2. The van der Waals surface area contributed by atoms with Gasteiger partial charge in [0, 0.05) is 37.7 Å². The molecule has 0 saturated heterocycles. The van der Waals surface area contributed by atoms with Crippen LogP contribution in [-0.4, -0.2) is 38.2 Å². The second kappa shape index (κ2) is 4.80. The summed E-state index contributed by atoms with van der Waals surface area (Å²) < 4.78 is 39.6. The van der Waals surface area contributed by atoms with Crippen LogP contribution in [0.4, 0.5) is 13.2 Å². The number of fused-ring (bicyclic) bond motifs is 1. The van der Waals surface area contributed by atoms with Crippen molar-refractivity contribution in [1.82, 2.24) is 14.7 Å². The fourth-order valence-corrected chi connectivity index (χ4v) is 2.25. The maximum absolute atomic E-state index is 12.9. The molecule has 9 heteroatoms. The molecule has 0 radical (unpaired) electrons. The summed E-state index contributed by atoms with van der Waals surface area (Å²) in [6.07, 6.45) is -4.51. The van der Waals surface area contributed by atoms with Crippen molar-refractivity contribution in [3.63, 3.8) is 0 Å². The summed E-state index contributed by atoms with van der Waals surface area (Å²) in [5.74, 6) is -1.59. The molecule has 0 aliphatic carbocycles. The lowest BCUT2D eigenvalue weighted by Gasteiger charge is -2.26. The SMILES string of the molecule is CC(=O)N1CCc2c(c(C(F)(F)F)nn2CC(=O)O)C1. The van der Waals surface area contributed by atoms with Crippen LogP contribution < -0.4 is 0 Å². The number of carbonyl (C=O) groups is 2. The molecule has 6 nitrogen and oxygen atoms in total. The predicted molar refractivity (Wildman–Crippen MR) is 59.7 cm³/mol. The molecule has 1 amide bonds. The normalized spacial score (nSPS) is 15.1. The van der Waals surface area contributed by atoms with Gasteiger partial charge in [-0.25, -0.2) is 0 Å². The van der Waals surface area contributed by atoms with Crippen LogP contribution in [0.15, 0.2) is 0 Å². The lowest BCUT2D eigenvalue weighted by atomic mass is 10.0. The minimum Gasteiger partial charge on any atom is -0.480 e. The fourth-order valence-electron chi connectivity index (χ4n) is 2.25. The highest BCUT2D eigenvalue weighted by Crippen LogP contribution is 2.35. The highest BCUT2D eigenvalue weighted by atomic mass is 19.4. The largest absolute Gasteiger partial charge is 0.480 e.